The molecular formula is C17H21ClNO+. The lowest BCUT2D eigenvalue weighted by atomic mass is 10.1. The number of aryl methyl sites for hydroxylation is 1. The monoisotopic (exact) mass is 290 g/mol. The molecule has 2 aromatic rings. The molecule has 0 amide bonds. The van der Waals surface area contributed by atoms with Gasteiger partial charge >= 0.3 is 0 Å². The van der Waals surface area contributed by atoms with E-state index in [0.717, 1.165) is 30.3 Å². The quantitative estimate of drug-likeness (QED) is 0.813. The normalized spacial score (nSPS) is 10.6. The molecule has 2 rings (SSSR count). The van der Waals surface area contributed by atoms with Gasteiger partial charge in [0.2, 0.25) is 0 Å². The fourth-order valence-corrected chi connectivity index (χ4v) is 2.51. The molecule has 0 saturated carbocycles. The molecule has 0 aliphatic heterocycles. The average Bonchev–Trinajstić information content (AvgIpc) is 2.44. The van der Waals surface area contributed by atoms with Crippen LogP contribution in [0.15, 0.2) is 42.5 Å². The van der Waals surface area contributed by atoms with Crippen LogP contribution in [-0.2, 0) is 13.0 Å². The van der Waals surface area contributed by atoms with Crippen molar-refractivity contribution in [3.63, 3.8) is 0 Å². The number of methoxy groups -OCH3 is 1. The SMILES string of the molecule is COc1ccc(C[NH2+]CCc2cccc(Cl)c2)cc1C. The lowest BCUT2D eigenvalue weighted by molar-refractivity contribution is -0.670. The lowest BCUT2D eigenvalue weighted by Crippen LogP contribution is -2.83. The van der Waals surface area contributed by atoms with Crippen molar-refractivity contribution < 1.29 is 10.1 Å². The molecule has 20 heavy (non-hydrogen) atoms. The third-order valence-corrected chi connectivity index (χ3v) is 3.60. The van der Waals surface area contributed by atoms with E-state index in [9.17, 15) is 0 Å². The maximum atomic E-state index is 5.98. The van der Waals surface area contributed by atoms with Crippen LogP contribution in [0.4, 0.5) is 0 Å². The number of rotatable bonds is 6. The summed E-state index contributed by atoms with van der Waals surface area (Å²) in [6.07, 6.45) is 1.04. The fourth-order valence-electron chi connectivity index (χ4n) is 2.30. The smallest absolute Gasteiger partial charge is 0.121 e. The van der Waals surface area contributed by atoms with Gasteiger partial charge in [-0.15, -0.1) is 0 Å². The highest BCUT2D eigenvalue weighted by molar-refractivity contribution is 6.30. The Labute approximate surface area is 125 Å². The minimum Gasteiger partial charge on any atom is -0.496 e. The number of halogens is 1. The summed E-state index contributed by atoms with van der Waals surface area (Å²) in [7, 11) is 1.71. The van der Waals surface area contributed by atoms with E-state index in [4.69, 9.17) is 16.3 Å². The van der Waals surface area contributed by atoms with Crippen LogP contribution >= 0.6 is 11.6 Å². The van der Waals surface area contributed by atoms with Crippen LogP contribution in [0.1, 0.15) is 16.7 Å². The number of quaternary nitrogens is 1. The van der Waals surface area contributed by atoms with E-state index in [1.165, 1.54) is 16.7 Å². The predicted octanol–water partition coefficient (Wildman–Crippen LogP) is 2.96. The second-order valence-electron chi connectivity index (χ2n) is 4.97. The second-order valence-corrected chi connectivity index (χ2v) is 5.40. The zero-order valence-corrected chi connectivity index (χ0v) is 12.8. The molecule has 2 N–H and O–H groups in total. The standard InChI is InChI=1S/C17H20ClNO/c1-13-10-15(6-7-17(13)20-2)12-19-9-8-14-4-3-5-16(18)11-14/h3-7,10-11,19H,8-9,12H2,1-2H3/p+1. The summed E-state index contributed by atoms with van der Waals surface area (Å²) < 4.78 is 5.27. The summed E-state index contributed by atoms with van der Waals surface area (Å²) in [6, 6.07) is 14.4. The molecule has 0 heterocycles. The van der Waals surface area contributed by atoms with Gasteiger partial charge in [0.05, 0.1) is 13.7 Å². The Morgan fingerprint density at radius 3 is 2.65 bits per heavy atom. The van der Waals surface area contributed by atoms with Crippen molar-refractivity contribution in [2.45, 2.75) is 19.9 Å². The lowest BCUT2D eigenvalue weighted by Gasteiger charge is -2.07. The van der Waals surface area contributed by atoms with E-state index in [1.807, 2.05) is 24.3 Å². The first-order chi connectivity index (χ1) is 9.69. The summed E-state index contributed by atoms with van der Waals surface area (Å²) in [5.41, 5.74) is 3.81. The maximum Gasteiger partial charge on any atom is 0.121 e. The van der Waals surface area contributed by atoms with Crippen LogP contribution in [0, 0.1) is 6.92 Å². The van der Waals surface area contributed by atoms with Gasteiger partial charge in [0.1, 0.15) is 12.3 Å². The first kappa shape index (κ1) is 14.9. The average molecular weight is 291 g/mol. The van der Waals surface area contributed by atoms with E-state index in [0.29, 0.717) is 0 Å². The maximum absolute atomic E-state index is 5.98. The van der Waals surface area contributed by atoms with Crippen LogP contribution in [-0.4, -0.2) is 13.7 Å². The van der Waals surface area contributed by atoms with Crippen molar-refractivity contribution in [3.8, 4) is 5.75 Å². The summed E-state index contributed by atoms with van der Waals surface area (Å²) in [5.74, 6) is 0.952. The molecule has 0 bridgehead atoms. The number of benzene rings is 2. The Bertz CT molecular complexity index is 569. The van der Waals surface area contributed by atoms with Crippen molar-refractivity contribution in [1.82, 2.24) is 0 Å². The van der Waals surface area contributed by atoms with E-state index >= 15 is 0 Å². The van der Waals surface area contributed by atoms with Crippen LogP contribution in [0.2, 0.25) is 5.02 Å². The van der Waals surface area contributed by atoms with Gasteiger partial charge in [0, 0.05) is 17.0 Å². The minimum atomic E-state index is 0.813. The minimum absolute atomic E-state index is 0.813. The largest absolute Gasteiger partial charge is 0.496 e. The molecule has 0 aromatic heterocycles. The molecule has 2 nitrogen and oxygen atoms in total. The van der Waals surface area contributed by atoms with Crippen molar-refractivity contribution in [1.29, 1.82) is 0 Å². The van der Waals surface area contributed by atoms with Crippen LogP contribution in [0.25, 0.3) is 0 Å². The van der Waals surface area contributed by atoms with Gasteiger partial charge in [-0.05, 0) is 48.4 Å². The van der Waals surface area contributed by atoms with E-state index < -0.39 is 0 Å². The highest BCUT2D eigenvalue weighted by Gasteiger charge is 2.02. The van der Waals surface area contributed by atoms with Crippen LogP contribution in [0.5, 0.6) is 5.75 Å². The van der Waals surface area contributed by atoms with Crippen LogP contribution < -0.4 is 10.1 Å². The fraction of sp³-hybridized carbons (Fsp3) is 0.294. The van der Waals surface area contributed by atoms with Crippen LogP contribution in [0.3, 0.4) is 0 Å². The molecular weight excluding hydrogens is 270 g/mol. The Morgan fingerprint density at radius 1 is 1.10 bits per heavy atom. The van der Waals surface area contributed by atoms with E-state index in [2.05, 4.69) is 30.4 Å². The Balaban J connectivity index is 1.80. The first-order valence-electron chi connectivity index (χ1n) is 6.88. The Morgan fingerprint density at radius 2 is 1.95 bits per heavy atom. The van der Waals surface area contributed by atoms with Gasteiger partial charge in [-0.1, -0.05) is 23.7 Å². The van der Waals surface area contributed by atoms with E-state index in [-0.39, 0.29) is 0 Å². The second kappa shape index (κ2) is 7.32. The Hall–Kier alpha value is -1.51. The highest BCUT2D eigenvalue weighted by atomic mass is 35.5. The number of hydrogen-bond acceptors (Lipinski definition) is 1. The summed E-state index contributed by atoms with van der Waals surface area (Å²) >= 11 is 5.98. The van der Waals surface area contributed by atoms with E-state index in [1.54, 1.807) is 7.11 Å². The molecule has 0 aliphatic carbocycles. The summed E-state index contributed by atoms with van der Waals surface area (Å²) in [6.45, 7) is 4.13. The number of nitrogens with two attached hydrogens (primary N) is 1. The van der Waals surface area contributed by atoms with Crippen molar-refractivity contribution in [2.24, 2.45) is 0 Å². The number of hydrogen-bond donors (Lipinski definition) is 1. The van der Waals surface area contributed by atoms with Gasteiger partial charge in [-0.2, -0.15) is 0 Å². The molecule has 0 atom stereocenters. The molecule has 0 fully saturated rings. The third-order valence-electron chi connectivity index (χ3n) is 3.37. The highest BCUT2D eigenvalue weighted by Crippen LogP contribution is 2.17. The van der Waals surface area contributed by atoms with Gasteiger partial charge in [0.25, 0.3) is 0 Å². The molecule has 3 heteroatoms. The Kier molecular flexibility index (Phi) is 5.45. The topological polar surface area (TPSA) is 25.8 Å². The molecule has 0 spiro atoms. The summed E-state index contributed by atoms with van der Waals surface area (Å²) in [5, 5.41) is 3.13. The zero-order chi connectivity index (χ0) is 14.4. The predicted molar refractivity (Wildman–Crippen MR) is 83.4 cm³/mol. The van der Waals surface area contributed by atoms with Crippen molar-refractivity contribution in [2.75, 3.05) is 13.7 Å². The zero-order valence-electron chi connectivity index (χ0n) is 12.0. The summed E-state index contributed by atoms with van der Waals surface area (Å²) in [4.78, 5) is 0. The van der Waals surface area contributed by atoms with Gasteiger partial charge in [-0.3, -0.25) is 0 Å². The van der Waals surface area contributed by atoms with Gasteiger partial charge in [-0.25, -0.2) is 0 Å². The molecule has 0 radical (unpaired) electrons. The van der Waals surface area contributed by atoms with Gasteiger partial charge < -0.3 is 10.1 Å². The van der Waals surface area contributed by atoms with Crippen molar-refractivity contribution in [3.05, 3.63) is 64.2 Å². The first-order valence-corrected chi connectivity index (χ1v) is 7.26. The van der Waals surface area contributed by atoms with Gasteiger partial charge in [0.15, 0.2) is 0 Å². The molecule has 0 unspecified atom stereocenters. The molecule has 0 aliphatic rings. The van der Waals surface area contributed by atoms with Crippen molar-refractivity contribution >= 4 is 11.6 Å². The molecule has 2 aromatic carbocycles. The molecule has 106 valence electrons. The number of ether oxygens (including phenoxy) is 1. The third kappa shape index (κ3) is 4.26. The molecule has 0 saturated heterocycles.